The third-order valence-corrected chi connectivity index (χ3v) is 3.18. The van der Waals surface area contributed by atoms with Gasteiger partial charge in [-0.25, -0.2) is 0 Å². The van der Waals surface area contributed by atoms with Crippen molar-refractivity contribution in [2.45, 2.75) is 42.9 Å². The topological polar surface area (TPSA) is 26.0 Å². The fourth-order valence-electron chi connectivity index (χ4n) is 1.62. The zero-order valence-corrected chi connectivity index (χ0v) is 9.97. The van der Waals surface area contributed by atoms with E-state index in [0.29, 0.717) is 0 Å². The molecule has 0 heterocycles. The molecule has 1 aromatic carbocycles. The molecule has 0 saturated heterocycles. The van der Waals surface area contributed by atoms with Crippen LogP contribution in [0.4, 0.5) is 0 Å². The van der Waals surface area contributed by atoms with Gasteiger partial charge in [-0.3, -0.25) is 0 Å². The van der Waals surface area contributed by atoms with Crippen molar-refractivity contribution < 1.29 is 0 Å². The highest BCUT2D eigenvalue weighted by Gasteiger charge is 2.20. The number of rotatable bonds is 4. The Bertz CT molecular complexity index is 267. The predicted octanol–water partition coefficient (Wildman–Crippen LogP) is 3.29. The summed E-state index contributed by atoms with van der Waals surface area (Å²) in [5, 5.41) is 0. The Morgan fingerprint density at radius 2 is 1.86 bits per heavy atom. The van der Waals surface area contributed by atoms with Gasteiger partial charge in [-0.05, 0) is 25.5 Å². The predicted molar refractivity (Wildman–Crippen MR) is 64.6 cm³/mol. The van der Waals surface area contributed by atoms with Crippen molar-refractivity contribution >= 4 is 11.8 Å². The minimum Gasteiger partial charge on any atom is -0.328 e. The molecule has 2 N–H and O–H groups in total. The SMILES string of the molecule is CC(N)CC(C)(C)Sc1ccccc1. The minimum atomic E-state index is 0.218. The molecule has 0 aliphatic heterocycles. The molecule has 1 aromatic rings. The van der Waals surface area contributed by atoms with Gasteiger partial charge in [-0.15, -0.1) is 11.8 Å². The van der Waals surface area contributed by atoms with E-state index in [9.17, 15) is 0 Å². The minimum absolute atomic E-state index is 0.218. The third kappa shape index (κ3) is 4.16. The van der Waals surface area contributed by atoms with Crippen molar-refractivity contribution in [1.82, 2.24) is 0 Å². The second-order valence-corrected chi connectivity index (χ2v) is 6.14. The lowest BCUT2D eigenvalue weighted by molar-refractivity contribution is 0.560. The summed E-state index contributed by atoms with van der Waals surface area (Å²) in [7, 11) is 0. The van der Waals surface area contributed by atoms with Gasteiger partial charge < -0.3 is 5.73 Å². The standard InChI is InChI=1S/C12H19NS/c1-10(13)9-12(2,3)14-11-7-5-4-6-8-11/h4-8,10H,9,13H2,1-3H3. The molecule has 78 valence electrons. The van der Waals surface area contributed by atoms with Crippen molar-refractivity contribution in [3.63, 3.8) is 0 Å². The van der Waals surface area contributed by atoms with E-state index < -0.39 is 0 Å². The smallest absolute Gasteiger partial charge is 0.0165 e. The largest absolute Gasteiger partial charge is 0.328 e. The second kappa shape index (κ2) is 4.85. The van der Waals surface area contributed by atoms with Crippen molar-refractivity contribution in [2.24, 2.45) is 5.73 Å². The molecule has 2 heteroatoms. The lowest BCUT2D eigenvalue weighted by Gasteiger charge is -2.25. The van der Waals surface area contributed by atoms with Crippen LogP contribution >= 0.6 is 11.8 Å². The number of hydrogen-bond donors (Lipinski definition) is 1. The molecule has 1 unspecified atom stereocenters. The van der Waals surface area contributed by atoms with Crippen molar-refractivity contribution in [2.75, 3.05) is 0 Å². The Kier molecular flexibility index (Phi) is 4.02. The third-order valence-electron chi connectivity index (χ3n) is 1.95. The molecule has 0 spiro atoms. The average Bonchev–Trinajstić information content (AvgIpc) is 2.02. The van der Waals surface area contributed by atoms with Gasteiger partial charge in [0.25, 0.3) is 0 Å². The Morgan fingerprint density at radius 1 is 1.29 bits per heavy atom. The number of benzene rings is 1. The molecule has 0 amide bonds. The molecule has 0 radical (unpaired) electrons. The summed E-state index contributed by atoms with van der Waals surface area (Å²) >= 11 is 1.89. The van der Waals surface area contributed by atoms with Crippen LogP contribution < -0.4 is 5.73 Å². The number of hydrogen-bond acceptors (Lipinski definition) is 2. The maximum atomic E-state index is 5.82. The van der Waals surface area contributed by atoms with E-state index in [1.165, 1.54) is 4.90 Å². The zero-order chi connectivity index (χ0) is 10.6. The fourth-order valence-corrected chi connectivity index (χ4v) is 2.90. The summed E-state index contributed by atoms with van der Waals surface area (Å²) in [6, 6.07) is 10.7. The maximum absolute atomic E-state index is 5.82. The molecule has 0 aromatic heterocycles. The molecule has 1 nitrogen and oxygen atoms in total. The first-order chi connectivity index (χ1) is 6.49. The molecule has 0 aliphatic carbocycles. The summed E-state index contributed by atoms with van der Waals surface area (Å²) in [4.78, 5) is 1.32. The van der Waals surface area contributed by atoms with Gasteiger partial charge in [0.2, 0.25) is 0 Å². The highest BCUT2D eigenvalue weighted by atomic mass is 32.2. The zero-order valence-electron chi connectivity index (χ0n) is 9.16. The molecular weight excluding hydrogens is 190 g/mol. The lowest BCUT2D eigenvalue weighted by atomic mass is 10.1. The molecule has 0 bridgehead atoms. The first kappa shape index (κ1) is 11.6. The molecule has 0 aliphatic rings. The van der Waals surface area contributed by atoms with Crippen LogP contribution in [-0.4, -0.2) is 10.8 Å². The summed E-state index contributed by atoms with van der Waals surface area (Å²) in [5.41, 5.74) is 5.82. The molecular formula is C12H19NS. The van der Waals surface area contributed by atoms with Crippen LogP contribution in [0.5, 0.6) is 0 Å². The fraction of sp³-hybridized carbons (Fsp3) is 0.500. The van der Waals surface area contributed by atoms with E-state index in [-0.39, 0.29) is 10.8 Å². The van der Waals surface area contributed by atoms with Gasteiger partial charge >= 0.3 is 0 Å². The van der Waals surface area contributed by atoms with Crippen molar-refractivity contribution in [1.29, 1.82) is 0 Å². The van der Waals surface area contributed by atoms with Crippen LogP contribution in [0.15, 0.2) is 35.2 Å². The van der Waals surface area contributed by atoms with E-state index in [1.54, 1.807) is 0 Å². The van der Waals surface area contributed by atoms with E-state index in [1.807, 2.05) is 17.8 Å². The van der Waals surface area contributed by atoms with Gasteiger partial charge in [0, 0.05) is 15.7 Å². The van der Waals surface area contributed by atoms with Crippen LogP contribution in [0, 0.1) is 0 Å². The summed E-state index contributed by atoms with van der Waals surface area (Å²) < 4.78 is 0.218. The van der Waals surface area contributed by atoms with E-state index in [2.05, 4.69) is 45.0 Å². The Hall–Kier alpha value is -0.470. The Morgan fingerprint density at radius 3 is 2.36 bits per heavy atom. The summed E-state index contributed by atoms with van der Waals surface area (Å²) in [5.74, 6) is 0. The van der Waals surface area contributed by atoms with Crippen LogP contribution in [0.3, 0.4) is 0 Å². The van der Waals surface area contributed by atoms with Crippen molar-refractivity contribution in [3.05, 3.63) is 30.3 Å². The van der Waals surface area contributed by atoms with Crippen molar-refractivity contribution in [3.8, 4) is 0 Å². The summed E-state index contributed by atoms with van der Waals surface area (Å²) in [6.45, 7) is 6.55. The van der Waals surface area contributed by atoms with Crippen LogP contribution in [-0.2, 0) is 0 Å². The monoisotopic (exact) mass is 209 g/mol. The quantitative estimate of drug-likeness (QED) is 0.770. The first-order valence-electron chi connectivity index (χ1n) is 4.99. The average molecular weight is 209 g/mol. The van der Waals surface area contributed by atoms with Crippen LogP contribution in [0.1, 0.15) is 27.2 Å². The van der Waals surface area contributed by atoms with Crippen LogP contribution in [0.2, 0.25) is 0 Å². The van der Waals surface area contributed by atoms with Gasteiger partial charge in [0.05, 0.1) is 0 Å². The Labute approximate surface area is 91.1 Å². The number of nitrogens with two attached hydrogens (primary N) is 1. The van der Waals surface area contributed by atoms with Crippen LogP contribution in [0.25, 0.3) is 0 Å². The molecule has 1 rings (SSSR count). The van der Waals surface area contributed by atoms with Gasteiger partial charge in [0.1, 0.15) is 0 Å². The normalized spacial score (nSPS) is 14.0. The van der Waals surface area contributed by atoms with Gasteiger partial charge in [0.15, 0.2) is 0 Å². The van der Waals surface area contributed by atoms with Gasteiger partial charge in [-0.2, -0.15) is 0 Å². The van der Waals surface area contributed by atoms with E-state index in [0.717, 1.165) is 6.42 Å². The first-order valence-corrected chi connectivity index (χ1v) is 5.81. The summed E-state index contributed by atoms with van der Waals surface area (Å²) in [6.07, 6.45) is 1.03. The maximum Gasteiger partial charge on any atom is 0.0165 e. The number of thioether (sulfide) groups is 1. The van der Waals surface area contributed by atoms with E-state index in [4.69, 9.17) is 5.73 Å². The molecule has 0 fully saturated rings. The second-order valence-electron chi connectivity index (χ2n) is 4.36. The highest BCUT2D eigenvalue weighted by Crippen LogP contribution is 2.35. The van der Waals surface area contributed by atoms with E-state index >= 15 is 0 Å². The molecule has 1 atom stereocenters. The van der Waals surface area contributed by atoms with Gasteiger partial charge in [-0.1, -0.05) is 32.0 Å². The molecule has 0 saturated carbocycles. The highest BCUT2D eigenvalue weighted by molar-refractivity contribution is 8.00. The molecule has 14 heavy (non-hydrogen) atoms. The Balaban J connectivity index is 2.59. The lowest BCUT2D eigenvalue weighted by Crippen LogP contribution is -2.27.